The van der Waals surface area contributed by atoms with Crippen LogP contribution in [0, 0.1) is 0 Å². The van der Waals surface area contributed by atoms with Crippen LogP contribution in [0.1, 0.15) is 5.56 Å². The molecular formula is C10H7Br2ClN2. The molecule has 0 unspecified atom stereocenters. The van der Waals surface area contributed by atoms with Gasteiger partial charge in [0.25, 0.3) is 0 Å². The van der Waals surface area contributed by atoms with Crippen molar-refractivity contribution in [3.05, 3.63) is 50.1 Å². The number of halogens is 3. The monoisotopic (exact) mass is 348 g/mol. The molecule has 0 saturated heterocycles. The van der Waals surface area contributed by atoms with Crippen molar-refractivity contribution in [3.63, 3.8) is 0 Å². The Hall–Kier alpha value is -0.320. The van der Waals surface area contributed by atoms with E-state index in [9.17, 15) is 0 Å². The molecule has 0 amide bonds. The van der Waals surface area contributed by atoms with E-state index < -0.39 is 0 Å². The van der Waals surface area contributed by atoms with E-state index in [-0.39, 0.29) is 0 Å². The molecule has 0 saturated carbocycles. The fourth-order valence-electron chi connectivity index (χ4n) is 1.26. The molecular weight excluding hydrogens is 343 g/mol. The van der Waals surface area contributed by atoms with Crippen LogP contribution in [0.2, 0.25) is 5.02 Å². The first kappa shape index (κ1) is 11.2. The highest BCUT2D eigenvalue weighted by atomic mass is 79.9. The van der Waals surface area contributed by atoms with Crippen LogP contribution in [0.15, 0.2) is 39.5 Å². The molecule has 0 aliphatic carbocycles. The lowest BCUT2D eigenvalue weighted by molar-refractivity contribution is 0.667. The van der Waals surface area contributed by atoms with Gasteiger partial charge in [0.15, 0.2) is 0 Å². The zero-order valence-corrected chi connectivity index (χ0v) is 11.6. The summed E-state index contributed by atoms with van der Waals surface area (Å²) in [6.45, 7) is 0.659. The van der Waals surface area contributed by atoms with E-state index >= 15 is 0 Å². The lowest BCUT2D eigenvalue weighted by Crippen LogP contribution is -2.02. The Morgan fingerprint density at radius 2 is 2.00 bits per heavy atom. The number of benzene rings is 1. The summed E-state index contributed by atoms with van der Waals surface area (Å²) in [7, 11) is 0. The predicted molar refractivity (Wildman–Crippen MR) is 68.2 cm³/mol. The number of aromatic nitrogens is 2. The summed E-state index contributed by atoms with van der Waals surface area (Å²) in [6.07, 6.45) is 0. The van der Waals surface area contributed by atoms with Crippen molar-refractivity contribution in [1.82, 2.24) is 9.78 Å². The van der Waals surface area contributed by atoms with Gasteiger partial charge < -0.3 is 0 Å². The van der Waals surface area contributed by atoms with Gasteiger partial charge in [0.05, 0.1) is 6.54 Å². The lowest BCUT2D eigenvalue weighted by Gasteiger charge is -2.05. The first-order chi connectivity index (χ1) is 7.16. The van der Waals surface area contributed by atoms with Gasteiger partial charge in [-0.25, -0.2) is 0 Å². The van der Waals surface area contributed by atoms with Gasteiger partial charge in [0.1, 0.15) is 9.21 Å². The molecule has 1 aromatic heterocycles. The summed E-state index contributed by atoms with van der Waals surface area (Å²) < 4.78 is 3.57. The molecule has 1 aromatic carbocycles. The quantitative estimate of drug-likeness (QED) is 0.797. The Morgan fingerprint density at radius 3 is 2.60 bits per heavy atom. The minimum absolute atomic E-state index is 0.659. The molecule has 0 bridgehead atoms. The molecule has 15 heavy (non-hydrogen) atoms. The van der Waals surface area contributed by atoms with Crippen molar-refractivity contribution >= 4 is 43.5 Å². The average molecular weight is 350 g/mol. The normalized spacial score (nSPS) is 10.6. The van der Waals surface area contributed by atoms with Crippen LogP contribution in [-0.2, 0) is 6.54 Å². The highest BCUT2D eigenvalue weighted by Gasteiger charge is 2.05. The molecule has 0 aliphatic rings. The molecule has 0 fully saturated rings. The van der Waals surface area contributed by atoms with E-state index in [1.165, 1.54) is 0 Å². The van der Waals surface area contributed by atoms with E-state index in [1.54, 1.807) is 0 Å². The number of hydrogen-bond donors (Lipinski definition) is 0. The predicted octanol–water partition coefficient (Wildman–Crippen LogP) is 4.11. The van der Waals surface area contributed by atoms with E-state index in [2.05, 4.69) is 37.0 Å². The minimum Gasteiger partial charge on any atom is -0.253 e. The Balaban J connectivity index is 2.29. The summed E-state index contributed by atoms with van der Waals surface area (Å²) in [6, 6.07) is 9.65. The standard InChI is InChI=1S/C10H7Br2ClN2/c11-9-5-10(12)15(14-9)6-7-3-1-2-4-8(7)13/h1-5H,6H2. The second kappa shape index (κ2) is 4.68. The summed E-state index contributed by atoms with van der Waals surface area (Å²) in [5.74, 6) is 0. The molecule has 0 radical (unpaired) electrons. The van der Waals surface area contributed by atoms with Crippen LogP contribution >= 0.6 is 43.5 Å². The third-order valence-electron chi connectivity index (χ3n) is 1.98. The molecule has 0 spiro atoms. The molecule has 2 nitrogen and oxygen atoms in total. The molecule has 5 heteroatoms. The van der Waals surface area contributed by atoms with Crippen molar-refractivity contribution in [2.45, 2.75) is 6.54 Å². The Morgan fingerprint density at radius 1 is 1.27 bits per heavy atom. The fraction of sp³-hybridized carbons (Fsp3) is 0.100. The first-order valence-corrected chi connectivity index (χ1v) is 6.25. The molecule has 2 rings (SSSR count). The van der Waals surface area contributed by atoms with Gasteiger partial charge in [-0.15, -0.1) is 0 Å². The molecule has 0 atom stereocenters. The van der Waals surface area contributed by atoms with Gasteiger partial charge in [-0.1, -0.05) is 29.8 Å². The maximum absolute atomic E-state index is 6.07. The minimum atomic E-state index is 0.659. The first-order valence-electron chi connectivity index (χ1n) is 4.29. The average Bonchev–Trinajstić information content (AvgIpc) is 2.49. The number of nitrogens with zero attached hydrogens (tertiary/aromatic N) is 2. The van der Waals surface area contributed by atoms with E-state index in [1.807, 2.05) is 35.0 Å². The second-order valence-electron chi connectivity index (χ2n) is 3.04. The topological polar surface area (TPSA) is 17.8 Å². The Bertz CT molecular complexity index is 482. The highest BCUT2D eigenvalue weighted by Crippen LogP contribution is 2.21. The lowest BCUT2D eigenvalue weighted by atomic mass is 10.2. The van der Waals surface area contributed by atoms with Gasteiger partial charge in [-0.05, 0) is 43.5 Å². The van der Waals surface area contributed by atoms with Gasteiger partial charge >= 0.3 is 0 Å². The van der Waals surface area contributed by atoms with E-state index in [0.29, 0.717) is 6.54 Å². The molecule has 2 aromatic rings. The maximum Gasteiger partial charge on any atom is 0.129 e. The third kappa shape index (κ3) is 2.62. The Kier molecular flexibility index (Phi) is 3.49. The largest absolute Gasteiger partial charge is 0.253 e. The van der Waals surface area contributed by atoms with Crippen LogP contribution in [-0.4, -0.2) is 9.78 Å². The van der Waals surface area contributed by atoms with E-state index in [4.69, 9.17) is 11.6 Å². The summed E-state index contributed by atoms with van der Waals surface area (Å²) in [5.41, 5.74) is 1.05. The van der Waals surface area contributed by atoms with Gasteiger partial charge in [0.2, 0.25) is 0 Å². The van der Waals surface area contributed by atoms with Crippen LogP contribution in [0.5, 0.6) is 0 Å². The van der Waals surface area contributed by atoms with E-state index in [0.717, 1.165) is 19.8 Å². The molecule has 0 aliphatic heterocycles. The van der Waals surface area contributed by atoms with Crippen molar-refractivity contribution < 1.29 is 0 Å². The summed E-state index contributed by atoms with van der Waals surface area (Å²) >= 11 is 12.8. The number of rotatable bonds is 2. The molecule has 78 valence electrons. The summed E-state index contributed by atoms with van der Waals surface area (Å²) in [5, 5.41) is 5.03. The SMILES string of the molecule is Clc1ccccc1Cn1nc(Br)cc1Br. The van der Waals surface area contributed by atoms with Crippen LogP contribution < -0.4 is 0 Å². The molecule has 0 N–H and O–H groups in total. The third-order valence-corrected chi connectivity index (χ3v) is 3.37. The zero-order chi connectivity index (χ0) is 10.8. The van der Waals surface area contributed by atoms with Crippen molar-refractivity contribution in [3.8, 4) is 0 Å². The van der Waals surface area contributed by atoms with Crippen LogP contribution in [0.3, 0.4) is 0 Å². The van der Waals surface area contributed by atoms with Crippen molar-refractivity contribution in [1.29, 1.82) is 0 Å². The Labute approximate surface area is 109 Å². The van der Waals surface area contributed by atoms with Crippen molar-refractivity contribution in [2.24, 2.45) is 0 Å². The maximum atomic E-state index is 6.07. The van der Waals surface area contributed by atoms with Gasteiger partial charge in [-0.2, -0.15) is 5.10 Å². The van der Waals surface area contributed by atoms with Crippen molar-refractivity contribution in [2.75, 3.05) is 0 Å². The van der Waals surface area contributed by atoms with Gasteiger partial charge in [0, 0.05) is 11.1 Å². The van der Waals surface area contributed by atoms with Gasteiger partial charge in [-0.3, -0.25) is 4.68 Å². The molecule has 1 heterocycles. The van der Waals surface area contributed by atoms with Crippen LogP contribution in [0.25, 0.3) is 0 Å². The summed E-state index contributed by atoms with van der Waals surface area (Å²) in [4.78, 5) is 0. The highest BCUT2D eigenvalue weighted by molar-refractivity contribution is 9.11. The number of hydrogen-bond acceptors (Lipinski definition) is 1. The zero-order valence-electron chi connectivity index (χ0n) is 7.62. The fourth-order valence-corrected chi connectivity index (χ4v) is 2.60. The second-order valence-corrected chi connectivity index (χ2v) is 5.07. The van der Waals surface area contributed by atoms with Crippen LogP contribution in [0.4, 0.5) is 0 Å². The smallest absolute Gasteiger partial charge is 0.129 e.